The van der Waals surface area contributed by atoms with Crippen molar-refractivity contribution in [3.05, 3.63) is 95.6 Å². The maximum absolute atomic E-state index is 18.3. The van der Waals surface area contributed by atoms with Crippen molar-refractivity contribution in [2.24, 2.45) is 5.92 Å². The van der Waals surface area contributed by atoms with Gasteiger partial charge < -0.3 is 29.0 Å². The zero-order valence-corrected chi connectivity index (χ0v) is 35.2. The molecule has 0 aromatic heterocycles. The quantitative estimate of drug-likeness (QED) is 0.0802. The van der Waals surface area contributed by atoms with Crippen LogP contribution in [0.25, 0.3) is 0 Å². The maximum atomic E-state index is 18.3. The monoisotopic (exact) mass is 793 g/mol. The van der Waals surface area contributed by atoms with Crippen LogP contribution < -0.4 is 14.8 Å². The van der Waals surface area contributed by atoms with Crippen LogP contribution in [0.15, 0.2) is 78.9 Å². The van der Waals surface area contributed by atoms with Crippen LogP contribution in [-0.4, -0.2) is 90.7 Å². The number of carbonyl (C=O) groups excluding carboxylic acids is 4. The summed E-state index contributed by atoms with van der Waals surface area (Å²) in [5.74, 6) is -6.08. The van der Waals surface area contributed by atoms with Crippen molar-refractivity contribution in [3.8, 4) is 11.5 Å². The molecule has 2 amide bonds. The van der Waals surface area contributed by atoms with Gasteiger partial charge in [-0.25, -0.2) is 9.18 Å². The number of alkyl halides is 1. The van der Waals surface area contributed by atoms with E-state index in [-0.39, 0.29) is 13.1 Å². The normalized spacial score (nSPS) is 13.9. The second-order valence-electron chi connectivity index (χ2n) is 16.2. The largest absolute Gasteiger partial charge is 0.497 e. The van der Waals surface area contributed by atoms with E-state index in [1.807, 2.05) is 67.3 Å². The summed E-state index contributed by atoms with van der Waals surface area (Å²) < 4.78 is 45.5. The fraction of sp³-hybridized carbons (Fsp3) is 0.500. The first-order chi connectivity index (χ1) is 26.7. The number of nitrogens with zero attached hydrogens (tertiary/aromatic N) is 2. The first-order valence-electron chi connectivity index (χ1n) is 19.0. The minimum Gasteiger partial charge on any atom is -0.497 e. The molecule has 0 fully saturated rings. The Hall–Kier alpha value is -5.01. The van der Waals surface area contributed by atoms with E-state index in [4.69, 9.17) is 23.7 Å². The van der Waals surface area contributed by atoms with Gasteiger partial charge in [0.25, 0.3) is 11.7 Å². The first-order valence-corrected chi connectivity index (χ1v) is 19.0. The molecule has 0 saturated heterocycles. The molecular formula is C44H60FN3O9. The van der Waals surface area contributed by atoms with Gasteiger partial charge in [0.1, 0.15) is 35.5 Å². The number of methoxy groups -OCH3 is 3. The van der Waals surface area contributed by atoms with E-state index in [1.54, 1.807) is 86.1 Å². The van der Waals surface area contributed by atoms with E-state index >= 15 is 9.18 Å². The third kappa shape index (κ3) is 14.2. The predicted molar refractivity (Wildman–Crippen MR) is 215 cm³/mol. The Morgan fingerprint density at radius 3 is 1.61 bits per heavy atom. The highest BCUT2D eigenvalue weighted by molar-refractivity contribution is 5.95. The highest BCUT2D eigenvalue weighted by Gasteiger charge is 2.51. The lowest BCUT2D eigenvalue weighted by Crippen LogP contribution is -2.65. The Bertz CT molecular complexity index is 1710. The van der Waals surface area contributed by atoms with Crippen molar-refractivity contribution in [1.82, 2.24) is 15.1 Å². The van der Waals surface area contributed by atoms with Gasteiger partial charge in [-0.05, 0) is 88.4 Å². The molecule has 57 heavy (non-hydrogen) atoms. The summed E-state index contributed by atoms with van der Waals surface area (Å²) in [5.41, 5.74) is 0.187. The Labute approximate surface area is 336 Å². The highest BCUT2D eigenvalue weighted by Crippen LogP contribution is 2.30. The summed E-state index contributed by atoms with van der Waals surface area (Å²) in [6, 6.07) is 20.5. The summed E-state index contributed by atoms with van der Waals surface area (Å²) in [6.07, 6.45) is -1.26. The van der Waals surface area contributed by atoms with E-state index in [2.05, 4.69) is 5.32 Å². The van der Waals surface area contributed by atoms with Gasteiger partial charge in [-0.15, -0.1) is 0 Å². The Morgan fingerprint density at radius 2 is 1.19 bits per heavy atom. The van der Waals surface area contributed by atoms with Crippen molar-refractivity contribution in [2.45, 2.75) is 110 Å². The van der Waals surface area contributed by atoms with Gasteiger partial charge in [0.05, 0.1) is 26.7 Å². The molecule has 3 aromatic rings. The Kier molecular flexibility index (Phi) is 16.6. The van der Waals surface area contributed by atoms with Crippen LogP contribution >= 0.6 is 0 Å². The molecule has 12 nitrogen and oxygen atoms in total. The molecule has 312 valence electrons. The van der Waals surface area contributed by atoms with Crippen molar-refractivity contribution >= 4 is 23.8 Å². The van der Waals surface area contributed by atoms with Gasteiger partial charge in [0.2, 0.25) is 5.91 Å². The number of carbonyl (C=O) groups is 4. The topological polar surface area (TPSA) is 133 Å². The summed E-state index contributed by atoms with van der Waals surface area (Å²) in [6.45, 7) is 13.5. The molecule has 1 N–H and O–H groups in total. The van der Waals surface area contributed by atoms with E-state index < -0.39 is 78.3 Å². The minimum atomic E-state index is -3.14. The number of nitrogens with one attached hydrogen (secondary N) is 1. The molecule has 3 atom stereocenters. The van der Waals surface area contributed by atoms with Crippen LogP contribution in [0.5, 0.6) is 11.5 Å². The molecule has 13 heteroatoms. The van der Waals surface area contributed by atoms with E-state index in [1.165, 1.54) is 7.11 Å². The molecule has 0 saturated carbocycles. The van der Waals surface area contributed by atoms with Gasteiger partial charge in [-0.3, -0.25) is 24.2 Å². The Balaban J connectivity index is 2.16. The molecule has 0 spiro atoms. The first kappa shape index (κ1) is 46.4. The number of hydrogen-bond acceptors (Lipinski definition) is 10. The molecule has 0 heterocycles. The zero-order chi connectivity index (χ0) is 42.6. The minimum absolute atomic E-state index is 0.270. The van der Waals surface area contributed by atoms with Crippen molar-refractivity contribution in [3.63, 3.8) is 0 Å². The summed E-state index contributed by atoms with van der Waals surface area (Å²) >= 11 is 0. The molecule has 0 aliphatic carbocycles. The zero-order valence-electron chi connectivity index (χ0n) is 35.2. The fourth-order valence-corrected chi connectivity index (χ4v) is 6.23. The van der Waals surface area contributed by atoms with Gasteiger partial charge in [0.15, 0.2) is 0 Å². The second-order valence-corrected chi connectivity index (χ2v) is 16.2. The van der Waals surface area contributed by atoms with Crippen LogP contribution in [-0.2, 0) is 52.9 Å². The lowest BCUT2D eigenvalue weighted by Gasteiger charge is -2.42. The third-order valence-corrected chi connectivity index (χ3v) is 8.74. The average Bonchev–Trinajstić information content (AvgIpc) is 3.12. The highest BCUT2D eigenvalue weighted by atomic mass is 19.1. The van der Waals surface area contributed by atoms with Gasteiger partial charge >= 0.3 is 11.9 Å². The second kappa shape index (κ2) is 20.4. The summed E-state index contributed by atoms with van der Waals surface area (Å²) in [7, 11) is 4.44. The van der Waals surface area contributed by atoms with Gasteiger partial charge in [-0.2, -0.15) is 0 Å². The summed E-state index contributed by atoms with van der Waals surface area (Å²) in [4.78, 5) is 59.0. The van der Waals surface area contributed by atoms with Crippen LogP contribution in [0.3, 0.4) is 0 Å². The van der Waals surface area contributed by atoms with Crippen LogP contribution in [0, 0.1) is 5.92 Å². The summed E-state index contributed by atoms with van der Waals surface area (Å²) in [5, 5.41) is 2.43. The molecule has 3 aromatic carbocycles. The lowest BCUT2D eigenvalue weighted by atomic mass is 9.95. The van der Waals surface area contributed by atoms with Gasteiger partial charge in [-0.1, -0.05) is 68.4 Å². The number of esters is 2. The molecule has 0 radical (unpaired) electrons. The molecule has 0 aliphatic heterocycles. The lowest BCUT2D eigenvalue weighted by molar-refractivity contribution is -0.177. The fourth-order valence-electron chi connectivity index (χ4n) is 6.23. The Morgan fingerprint density at radius 1 is 0.702 bits per heavy atom. The number of benzene rings is 3. The van der Waals surface area contributed by atoms with Crippen LogP contribution in [0.1, 0.15) is 78.5 Å². The number of ether oxygens (including phenoxy) is 5. The molecule has 0 bridgehead atoms. The van der Waals surface area contributed by atoms with E-state index in [0.29, 0.717) is 17.1 Å². The van der Waals surface area contributed by atoms with Crippen LogP contribution in [0.2, 0.25) is 0 Å². The third-order valence-electron chi connectivity index (χ3n) is 8.74. The predicted octanol–water partition coefficient (Wildman–Crippen LogP) is 6.63. The number of halogens is 1. The average molecular weight is 794 g/mol. The maximum Gasteiger partial charge on any atom is 0.329 e. The molecule has 3 rings (SSSR count). The molecule has 0 aliphatic rings. The SMILES string of the molecule is COCN(C(=O)[C@H](C(C)C)N(Cc1ccc(OC)cc1)Cc1ccc(OC)cc1)[C@@](F)(Cc1ccccc1)C(=O)N[C@@H](CC(=O)OC(C)(C)C)C(=O)OC(C)(C)C. The van der Waals surface area contributed by atoms with Crippen molar-refractivity contribution < 1.29 is 47.3 Å². The molecule has 0 unspecified atom stereocenters. The van der Waals surface area contributed by atoms with Crippen LogP contribution in [0.4, 0.5) is 4.39 Å². The number of rotatable bonds is 19. The van der Waals surface area contributed by atoms with Gasteiger partial charge in [0, 0.05) is 26.6 Å². The number of hydrogen-bond donors (Lipinski definition) is 1. The van der Waals surface area contributed by atoms with E-state index in [9.17, 15) is 14.4 Å². The van der Waals surface area contributed by atoms with Crippen molar-refractivity contribution in [2.75, 3.05) is 28.1 Å². The van der Waals surface area contributed by atoms with E-state index in [0.717, 1.165) is 16.0 Å². The molecular weight excluding hydrogens is 733 g/mol. The van der Waals surface area contributed by atoms with Crippen molar-refractivity contribution in [1.29, 1.82) is 0 Å². The smallest absolute Gasteiger partial charge is 0.329 e. The number of amides is 2. The standard InChI is InChI=1S/C44H60FN3O9/c1-30(2)38(47(27-32-17-21-34(54-10)22-18-32)28-33-19-23-35(55-11)24-20-33)39(50)48(29-53-9)44(45,26-31-15-13-12-14-16-31)41(52)46-36(40(51)57-43(6,7)8)25-37(49)56-42(3,4)5/h12-24,30,36,38H,25-29H2,1-11H3,(H,46,52)/t36-,38-,44-/m0/s1.